The summed E-state index contributed by atoms with van der Waals surface area (Å²) in [5, 5.41) is 6.13. The molecule has 0 spiro atoms. The zero-order valence-corrected chi connectivity index (χ0v) is 18.5. The van der Waals surface area contributed by atoms with Gasteiger partial charge in [-0.2, -0.15) is 18.2 Å². The molecule has 1 aliphatic carbocycles. The topological polar surface area (TPSA) is 114 Å². The summed E-state index contributed by atoms with van der Waals surface area (Å²) in [7, 11) is 3.32. The number of anilines is 3. The van der Waals surface area contributed by atoms with Crippen molar-refractivity contribution in [3.05, 3.63) is 23.9 Å². The van der Waals surface area contributed by atoms with Gasteiger partial charge in [0.05, 0.1) is 24.7 Å². The number of nitrogens with one attached hydrogen (secondary N) is 2. The van der Waals surface area contributed by atoms with Crippen molar-refractivity contribution in [3.63, 3.8) is 0 Å². The molecule has 1 unspecified atom stereocenters. The van der Waals surface area contributed by atoms with Crippen molar-refractivity contribution in [3.8, 4) is 5.75 Å². The quantitative estimate of drug-likeness (QED) is 0.661. The SMILES string of the molecule is COCC1(C)C(=O)Nc2c(C)nc(NC3CC(Oc4cnc(C(F)(F)F)nc4)C3)nc2N1C. The minimum Gasteiger partial charge on any atom is -0.487 e. The summed E-state index contributed by atoms with van der Waals surface area (Å²) < 4.78 is 48.6. The van der Waals surface area contributed by atoms with Gasteiger partial charge in [-0.1, -0.05) is 0 Å². The number of methoxy groups -OCH3 is 1. The second-order valence-corrected chi connectivity index (χ2v) is 8.34. The van der Waals surface area contributed by atoms with Crippen molar-refractivity contribution in [2.45, 2.75) is 50.6 Å². The molecule has 2 aromatic rings. The largest absolute Gasteiger partial charge is 0.487 e. The highest BCUT2D eigenvalue weighted by molar-refractivity contribution is 6.06. The van der Waals surface area contributed by atoms with Crippen molar-refractivity contribution < 1.29 is 27.4 Å². The number of nitrogens with zero attached hydrogens (tertiary/aromatic N) is 5. The maximum Gasteiger partial charge on any atom is 0.451 e. The van der Waals surface area contributed by atoms with Crippen molar-refractivity contribution >= 4 is 23.4 Å². The number of hydrogen-bond donors (Lipinski definition) is 2. The Morgan fingerprint density at radius 1 is 1.27 bits per heavy atom. The van der Waals surface area contributed by atoms with Gasteiger partial charge in [0.2, 0.25) is 11.8 Å². The summed E-state index contributed by atoms with van der Waals surface area (Å²) >= 11 is 0. The first-order valence-electron chi connectivity index (χ1n) is 10.3. The first-order chi connectivity index (χ1) is 15.5. The number of aromatic nitrogens is 4. The molecule has 0 saturated heterocycles. The third kappa shape index (κ3) is 4.36. The highest BCUT2D eigenvalue weighted by Gasteiger charge is 2.44. The van der Waals surface area contributed by atoms with E-state index in [9.17, 15) is 18.0 Å². The number of rotatable bonds is 6. The van der Waals surface area contributed by atoms with Crippen LogP contribution in [0.5, 0.6) is 5.75 Å². The summed E-state index contributed by atoms with van der Waals surface area (Å²) in [5.41, 5.74) is 0.258. The molecule has 1 atom stereocenters. The maximum absolute atomic E-state index is 12.6. The van der Waals surface area contributed by atoms with Crippen LogP contribution in [-0.4, -0.2) is 64.3 Å². The van der Waals surface area contributed by atoms with Crippen LogP contribution in [0.15, 0.2) is 12.4 Å². The van der Waals surface area contributed by atoms with Gasteiger partial charge in [-0.15, -0.1) is 0 Å². The van der Waals surface area contributed by atoms with Crippen LogP contribution in [0, 0.1) is 6.92 Å². The van der Waals surface area contributed by atoms with Gasteiger partial charge in [-0.05, 0) is 13.8 Å². The van der Waals surface area contributed by atoms with Crippen LogP contribution in [0.4, 0.5) is 30.6 Å². The molecule has 1 amide bonds. The fraction of sp³-hybridized carbons (Fsp3) is 0.550. The standard InChI is InChI=1S/C20H24F3N7O3/c1-10-14-15(30(3)19(2,9-32-4)17(31)28-14)29-18(26-10)27-11-5-12(6-11)33-13-7-24-16(25-8-13)20(21,22)23/h7-8,11-12H,5-6,9H2,1-4H3,(H,28,31)(H,26,27,29). The molecule has 1 aliphatic heterocycles. The maximum atomic E-state index is 12.6. The van der Waals surface area contributed by atoms with Crippen LogP contribution < -0.4 is 20.3 Å². The summed E-state index contributed by atoms with van der Waals surface area (Å²) in [5.74, 6) is -0.223. The normalized spacial score (nSPS) is 24.6. The molecule has 10 nitrogen and oxygen atoms in total. The van der Waals surface area contributed by atoms with Crippen LogP contribution in [0.25, 0.3) is 0 Å². The third-order valence-corrected chi connectivity index (χ3v) is 5.89. The Labute approximate surface area is 187 Å². The predicted octanol–water partition coefficient (Wildman–Crippen LogP) is 2.41. The number of halogens is 3. The Balaban J connectivity index is 1.39. The van der Waals surface area contributed by atoms with Gasteiger partial charge in [0.15, 0.2) is 11.6 Å². The highest BCUT2D eigenvalue weighted by atomic mass is 19.4. The summed E-state index contributed by atoms with van der Waals surface area (Å²) in [6.07, 6.45) is -1.52. The minimum atomic E-state index is -4.59. The lowest BCUT2D eigenvalue weighted by atomic mass is 9.89. The molecule has 178 valence electrons. The zero-order chi connectivity index (χ0) is 24.0. The smallest absolute Gasteiger partial charge is 0.451 e. The molecule has 1 saturated carbocycles. The number of alkyl halides is 3. The van der Waals surface area contributed by atoms with Gasteiger partial charge >= 0.3 is 6.18 Å². The number of amides is 1. The second-order valence-electron chi connectivity index (χ2n) is 8.34. The van der Waals surface area contributed by atoms with E-state index < -0.39 is 17.5 Å². The fourth-order valence-electron chi connectivity index (χ4n) is 3.77. The Morgan fingerprint density at radius 2 is 1.94 bits per heavy atom. The third-order valence-electron chi connectivity index (χ3n) is 5.89. The number of carbonyl (C=O) groups excluding carboxylic acids is 1. The van der Waals surface area contributed by atoms with E-state index in [4.69, 9.17) is 9.47 Å². The van der Waals surface area contributed by atoms with Crippen LogP contribution in [0.3, 0.4) is 0 Å². The molecule has 3 heterocycles. The van der Waals surface area contributed by atoms with Gasteiger partial charge in [-0.25, -0.2) is 15.0 Å². The van der Waals surface area contributed by atoms with Gasteiger partial charge < -0.3 is 25.0 Å². The molecular weight excluding hydrogens is 443 g/mol. The Bertz CT molecular complexity index is 1040. The fourth-order valence-corrected chi connectivity index (χ4v) is 3.77. The average Bonchev–Trinajstić information content (AvgIpc) is 2.72. The van der Waals surface area contributed by atoms with E-state index in [2.05, 4.69) is 30.6 Å². The number of likely N-dealkylation sites (N-methyl/N-ethyl adjacent to an activating group) is 1. The first kappa shape index (κ1) is 23.0. The van der Waals surface area contributed by atoms with E-state index in [1.165, 1.54) is 7.11 Å². The molecule has 2 aromatic heterocycles. The van der Waals surface area contributed by atoms with Gasteiger partial charge in [-0.3, -0.25) is 4.79 Å². The van der Waals surface area contributed by atoms with E-state index in [1.54, 1.807) is 25.8 Å². The van der Waals surface area contributed by atoms with Crippen molar-refractivity contribution in [1.82, 2.24) is 19.9 Å². The molecule has 33 heavy (non-hydrogen) atoms. The monoisotopic (exact) mass is 467 g/mol. The van der Waals surface area contributed by atoms with E-state index in [0.717, 1.165) is 12.4 Å². The van der Waals surface area contributed by atoms with Crippen LogP contribution in [0.1, 0.15) is 31.3 Å². The number of carbonyl (C=O) groups is 1. The molecule has 13 heteroatoms. The Hall–Kier alpha value is -3.22. The van der Waals surface area contributed by atoms with Crippen molar-refractivity contribution in [2.24, 2.45) is 0 Å². The van der Waals surface area contributed by atoms with Crippen molar-refractivity contribution in [1.29, 1.82) is 0 Å². The lowest BCUT2D eigenvalue weighted by molar-refractivity contribution is -0.145. The summed E-state index contributed by atoms with van der Waals surface area (Å²) in [4.78, 5) is 30.0. The molecule has 0 bridgehead atoms. The van der Waals surface area contributed by atoms with E-state index in [0.29, 0.717) is 36.0 Å². The minimum absolute atomic E-state index is 0.0247. The van der Waals surface area contributed by atoms with Crippen LogP contribution >= 0.6 is 0 Å². The zero-order valence-electron chi connectivity index (χ0n) is 18.5. The molecule has 1 fully saturated rings. The Morgan fingerprint density at radius 3 is 2.55 bits per heavy atom. The number of ether oxygens (including phenoxy) is 2. The summed E-state index contributed by atoms with van der Waals surface area (Å²) in [6, 6.07) is 0.0247. The van der Waals surface area contributed by atoms with Crippen LogP contribution in [-0.2, 0) is 15.7 Å². The average molecular weight is 467 g/mol. The van der Waals surface area contributed by atoms with Gasteiger partial charge in [0.25, 0.3) is 5.91 Å². The summed E-state index contributed by atoms with van der Waals surface area (Å²) in [6.45, 7) is 3.75. The molecule has 0 radical (unpaired) electrons. The second kappa shape index (κ2) is 8.28. The van der Waals surface area contributed by atoms with Gasteiger partial charge in [0, 0.05) is 33.0 Å². The Kier molecular flexibility index (Phi) is 5.76. The lowest BCUT2D eigenvalue weighted by Gasteiger charge is -2.42. The predicted molar refractivity (Wildman–Crippen MR) is 112 cm³/mol. The molecule has 0 aromatic carbocycles. The molecule has 4 rings (SSSR count). The van der Waals surface area contributed by atoms with Gasteiger partial charge in [0.1, 0.15) is 17.3 Å². The highest BCUT2D eigenvalue weighted by Crippen LogP contribution is 2.37. The molecule has 2 N–H and O–H groups in total. The van der Waals surface area contributed by atoms with E-state index in [-0.39, 0.29) is 30.4 Å². The molecule has 2 aliphatic rings. The van der Waals surface area contributed by atoms with Crippen LogP contribution in [0.2, 0.25) is 0 Å². The number of aryl methyl sites for hydroxylation is 1. The number of hydrogen-bond acceptors (Lipinski definition) is 9. The number of fused-ring (bicyclic) bond motifs is 1. The lowest BCUT2D eigenvalue weighted by Crippen LogP contribution is -2.59. The first-order valence-corrected chi connectivity index (χ1v) is 10.3. The van der Waals surface area contributed by atoms with Crippen molar-refractivity contribution in [2.75, 3.05) is 36.3 Å². The van der Waals surface area contributed by atoms with E-state index >= 15 is 0 Å². The van der Waals surface area contributed by atoms with E-state index in [1.807, 2.05) is 0 Å². The molecular formula is C20H24F3N7O3.